The van der Waals surface area contributed by atoms with Crippen LogP contribution in [0.2, 0.25) is 0 Å². The second-order valence-electron chi connectivity index (χ2n) is 8.41. The van der Waals surface area contributed by atoms with E-state index in [1.165, 1.54) is 4.68 Å². The van der Waals surface area contributed by atoms with E-state index < -0.39 is 17.8 Å². The normalized spacial score (nSPS) is 19.2. The van der Waals surface area contributed by atoms with Gasteiger partial charge in [0.2, 0.25) is 11.8 Å². The first kappa shape index (κ1) is 21.4. The topological polar surface area (TPSA) is 67.2 Å². The molecule has 4 rings (SSSR count). The number of hydrogen-bond donors (Lipinski definition) is 1. The molecule has 1 aliphatic carbocycles. The minimum Gasteiger partial charge on any atom is -0.354 e. The largest absolute Gasteiger partial charge is 0.435 e. The lowest BCUT2D eigenvalue weighted by molar-refractivity contribution is -0.141. The summed E-state index contributed by atoms with van der Waals surface area (Å²) in [6, 6.07) is 6.86. The van der Waals surface area contributed by atoms with Crippen molar-refractivity contribution in [2.24, 2.45) is 5.92 Å². The van der Waals surface area contributed by atoms with Gasteiger partial charge in [-0.15, -0.1) is 0 Å². The van der Waals surface area contributed by atoms with Crippen LogP contribution in [0.5, 0.6) is 0 Å². The highest BCUT2D eigenvalue weighted by atomic mass is 19.4. The van der Waals surface area contributed by atoms with Crippen LogP contribution in [0.3, 0.4) is 0 Å². The van der Waals surface area contributed by atoms with Gasteiger partial charge in [-0.1, -0.05) is 6.07 Å². The van der Waals surface area contributed by atoms with E-state index in [2.05, 4.69) is 10.4 Å². The van der Waals surface area contributed by atoms with Gasteiger partial charge in [0.05, 0.1) is 12.5 Å². The molecular weight excluding hydrogens is 409 g/mol. The van der Waals surface area contributed by atoms with Gasteiger partial charge < -0.3 is 10.2 Å². The molecule has 6 nitrogen and oxygen atoms in total. The van der Waals surface area contributed by atoms with Crippen molar-refractivity contribution in [3.8, 4) is 0 Å². The maximum atomic E-state index is 13.0. The number of nitrogens with one attached hydrogen (secondary N) is 1. The van der Waals surface area contributed by atoms with Crippen LogP contribution in [0, 0.1) is 19.8 Å². The molecule has 1 N–H and O–H groups in total. The quantitative estimate of drug-likeness (QED) is 0.756. The summed E-state index contributed by atoms with van der Waals surface area (Å²) in [5.74, 6) is -0.754. The van der Waals surface area contributed by atoms with Crippen LogP contribution in [0.15, 0.2) is 24.3 Å². The van der Waals surface area contributed by atoms with Gasteiger partial charge in [0, 0.05) is 36.8 Å². The number of benzene rings is 1. The van der Waals surface area contributed by atoms with Crippen LogP contribution in [0.1, 0.15) is 47.7 Å². The van der Waals surface area contributed by atoms with Crippen LogP contribution in [0.25, 0.3) is 0 Å². The van der Waals surface area contributed by atoms with Gasteiger partial charge in [0.25, 0.3) is 0 Å². The molecule has 9 heteroatoms. The first-order valence-corrected chi connectivity index (χ1v) is 10.4. The van der Waals surface area contributed by atoms with Crippen molar-refractivity contribution in [3.05, 3.63) is 46.8 Å². The summed E-state index contributed by atoms with van der Waals surface area (Å²) in [4.78, 5) is 26.6. The van der Waals surface area contributed by atoms with Gasteiger partial charge in [-0.3, -0.25) is 14.3 Å². The molecule has 2 heterocycles. The summed E-state index contributed by atoms with van der Waals surface area (Å²) in [5, 5.41) is 6.45. The predicted molar refractivity (Wildman–Crippen MR) is 109 cm³/mol. The number of alkyl halides is 3. The summed E-state index contributed by atoms with van der Waals surface area (Å²) < 4.78 is 40.3. The highest BCUT2D eigenvalue weighted by molar-refractivity contribution is 6.00. The number of carbonyl (C=O) groups excluding carboxylic acids is 2. The zero-order valence-corrected chi connectivity index (χ0v) is 17.5. The van der Waals surface area contributed by atoms with Crippen molar-refractivity contribution >= 4 is 17.5 Å². The third kappa shape index (κ3) is 4.60. The van der Waals surface area contributed by atoms with E-state index in [0.717, 1.165) is 35.7 Å². The van der Waals surface area contributed by atoms with Crippen LogP contribution < -0.4 is 10.2 Å². The summed E-state index contributed by atoms with van der Waals surface area (Å²) in [5.41, 5.74) is 2.64. The molecule has 1 saturated carbocycles. The van der Waals surface area contributed by atoms with E-state index in [-0.39, 0.29) is 37.2 Å². The summed E-state index contributed by atoms with van der Waals surface area (Å²) in [6.07, 6.45) is -2.66. The molecule has 1 aromatic heterocycles. The highest BCUT2D eigenvalue weighted by Crippen LogP contribution is 2.42. The van der Waals surface area contributed by atoms with E-state index in [4.69, 9.17) is 0 Å². The fourth-order valence-corrected chi connectivity index (χ4v) is 3.91. The van der Waals surface area contributed by atoms with Gasteiger partial charge in [-0.25, -0.2) is 0 Å². The third-order valence-corrected chi connectivity index (χ3v) is 6.02. The Morgan fingerprint density at radius 2 is 1.94 bits per heavy atom. The van der Waals surface area contributed by atoms with Crippen LogP contribution >= 0.6 is 0 Å². The SMILES string of the molecule is Cc1ccc(N2CC(C(=O)NCCn3nc(C(F)(F)F)cc3C3CC3)CC2=O)cc1C. The van der Waals surface area contributed by atoms with E-state index in [0.29, 0.717) is 12.2 Å². The zero-order chi connectivity index (χ0) is 22.3. The predicted octanol–water partition coefficient (Wildman–Crippen LogP) is 3.57. The lowest BCUT2D eigenvalue weighted by Gasteiger charge is -2.18. The number of aromatic nitrogens is 2. The number of nitrogens with zero attached hydrogens (tertiary/aromatic N) is 3. The Hall–Kier alpha value is -2.84. The standard InChI is InChI=1S/C22H25F3N4O2/c1-13-3-6-17(9-14(13)2)28-12-16(10-20(28)30)21(31)26-7-8-29-18(15-4-5-15)11-19(27-29)22(23,24)25/h3,6,9,11,15-16H,4-5,7-8,10,12H2,1-2H3,(H,26,31). The van der Waals surface area contributed by atoms with E-state index in [1.807, 2.05) is 32.0 Å². The number of anilines is 1. The lowest BCUT2D eigenvalue weighted by atomic mass is 10.1. The minimum atomic E-state index is -4.49. The molecule has 1 atom stereocenters. The van der Waals surface area contributed by atoms with Crippen molar-refractivity contribution in [2.75, 3.05) is 18.0 Å². The van der Waals surface area contributed by atoms with Gasteiger partial charge in [-0.05, 0) is 56.0 Å². The summed E-state index contributed by atoms with van der Waals surface area (Å²) >= 11 is 0. The summed E-state index contributed by atoms with van der Waals surface area (Å²) in [6.45, 7) is 4.58. The average molecular weight is 434 g/mol. The Morgan fingerprint density at radius 1 is 1.19 bits per heavy atom. The Labute approximate surface area is 178 Å². The third-order valence-electron chi connectivity index (χ3n) is 6.02. The van der Waals surface area contributed by atoms with E-state index >= 15 is 0 Å². The molecule has 2 fully saturated rings. The molecule has 0 spiro atoms. The molecule has 1 saturated heterocycles. The van der Waals surface area contributed by atoms with Crippen LogP contribution in [-0.4, -0.2) is 34.7 Å². The lowest BCUT2D eigenvalue weighted by Crippen LogP contribution is -2.35. The second kappa shape index (κ2) is 8.01. The van der Waals surface area contributed by atoms with Crippen molar-refractivity contribution in [3.63, 3.8) is 0 Å². The minimum absolute atomic E-state index is 0.110. The fraction of sp³-hybridized carbons (Fsp3) is 0.500. The molecule has 0 bridgehead atoms. The number of carbonyl (C=O) groups is 2. The van der Waals surface area contributed by atoms with Gasteiger partial charge in [0.1, 0.15) is 0 Å². The number of rotatable bonds is 6. The van der Waals surface area contributed by atoms with Crippen molar-refractivity contribution in [2.45, 2.75) is 51.7 Å². The Balaban J connectivity index is 1.35. The van der Waals surface area contributed by atoms with E-state index in [9.17, 15) is 22.8 Å². The molecular formula is C22H25F3N4O2. The highest BCUT2D eigenvalue weighted by Gasteiger charge is 2.38. The molecule has 2 aliphatic rings. The first-order valence-electron chi connectivity index (χ1n) is 10.4. The van der Waals surface area contributed by atoms with Crippen molar-refractivity contribution < 1.29 is 22.8 Å². The number of aryl methyl sites for hydroxylation is 2. The number of amides is 2. The van der Waals surface area contributed by atoms with Crippen molar-refractivity contribution in [1.29, 1.82) is 0 Å². The van der Waals surface area contributed by atoms with Crippen molar-refractivity contribution in [1.82, 2.24) is 15.1 Å². The Bertz CT molecular complexity index is 1010. The van der Waals surface area contributed by atoms with Crippen LogP contribution in [-0.2, 0) is 22.3 Å². The molecule has 1 unspecified atom stereocenters. The maximum absolute atomic E-state index is 13.0. The first-order chi connectivity index (χ1) is 14.6. The molecule has 1 aromatic carbocycles. The molecule has 2 aromatic rings. The molecule has 2 amide bonds. The number of hydrogen-bond acceptors (Lipinski definition) is 3. The molecule has 0 radical (unpaired) electrons. The smallest absolute Gasteiger partial charge is 0.354 e. The van der Waals surface area contributed by atoms with Gasteiger partial charge in [-0.2, -0.15) is 18.3 Å². The average Bonchev–Trinajstić information content (AvgIpc) is 3.33. The number of halogens is 3. The maximum Gasteiger partial charge on any atom is 0.435 e. The van der Waals surface area contributed by atoms with Crippen LogP contribution in [0.4, 0.5) is 18.9 Å². The molecule has 1 aliphatic heterocycles. The summed E-state index contributed by atoms with van der Waals surface area (Å²) in [7, 11) is 0. The second-order valence-corrected chi connectivity index (χ2v) is 8.41. The Morgan fingerprint density at radius 3 is 2.58 bits per heavy atom. The Kier molecular flexibility index (Phi) is 5.53. The van der Waals surface area contributed by atoms with Gasteiger partial charge in [0.15, 0.2) is 5.69 Å². The molecule has 31 heavy (non-hydrogen) atoms. The monoisotopic (exact) mass is 434 g/mol. The molecule has 166 valence electrons. The fourth-order valence-electron chi connectivity index (χ4n) is 3.91. The van der Waals surface area contributed by atoms with E-state index in [1.54, 1.807) is 4.90 Å². The zero-order valence-electron chi connectivity index (χ0n) is 17.5. The van der Waals surface area contributed by atoms with Gasteiger partial charge >= 0.3 is 6.18 Å².